The van der Waals surface area contributed by atoms with E-state index >= 15 is 0 Å². The third-order valence-corrected chi connectivity index (χ3v) is 7.98. The number of piperidine rings is 1. The van der Waals surface area contributed by atoms with Crippen LogP contribution in [0.2, 0.25) is 0 Å². The summed E-state index contributed by atoms with van der Waals surface area (Å²) < 4.78 is 60.4. The molecular formula is C25H25F2N3O4S. The van der Waals surface area contributed by atoms with Gasteiger partial charge in [-0.15, -0.1) is 0 Å². The van der Waals surface area contributed by atoms with E-state index < -0.39 is 21.7 Å². The van der Waals surface area contributed by atoms with Crippen LogP contribution in [0, 0.1) is 31.4 Å². The monoisotopic (exact) mass is 501 g/mol. The standard InChI is InChI=1S/C25H25F2N3O4S/c1-16-4-3-5-21(14-16)28-25(31)19-10-12-30(13-11-19)35(32,33)24-17(2)29-34-23(24)9-7-18-6-8-20(26)15-22(18)27/h3-9,14-15,19H,10-13H2,1-2H3,(H,28,31). The van der Waals surface area contributed by atoms with Crippen molar-refractivity contribution in [2.75, 3.05) is 18.4 Å². The number of carbonyl (C=O) groups excluding carboxylic acids is 1. The number of nitrogens with zero attached hydrogens (tertiary/aromatic N) is 2. The summed E-state index contributed by atoms with van der Waals surface area (Å²) in [6.45, 7) is 3.77. The van der Waals surface area contributed by atoms with Gasteiger partial charge in [0.1, 0.15) is 17.3 Å². The molecule has 0 unspecified atom stereocenters. The van der Waals surface area contributed by atoms with E-state index in [1.165, 1.54) is 29.4 Å². The number of halogens is 2. The maximum Gasteiger partial charge on any atom is 0.248 e. The van der Waals surface area contributed by atoms with Gasteiger partial charge in [-0.25, -0.2) is 17.2 Å². The molecule has 0 spiro atoms. The second kappa shape index (κ2) is 10.1. The second-order valence-corrected chi connectivity index (χ2v) is 10.4. The molecule has 184 valence electrons. The first-order valence-electron chi connectivity index (χ1n) is 11.1. The predicted octanol–water partition coefficient (Wildman–Crippen LogP) is 4.78. The van der Waals surface area contributed by atoms with Crippen molar-refractivity contribution in [3.63, 3.8) is 0 Å². The molecule has 0 bridgehead atoms. The van der Waals surface area contributed by atoms with Gasteiger partial charge in [0.25, 0.3) is 0 Å². The van der Waals surface area contributed by atoms with Gasteiger partial charge in [-0.3, -0.25) is 4.79 Å². The first kappa shape index (κ1) is 24.7. The zero-order chi connectivity index (χ0) is 25.2. The molecule has 1 aliphatic rings. The highest BCUT2D eigenvalue weighted by atomic mass is 32.2. The first-order chi connectivity index (χ1) is 16.6. The number of benzene rings is 2. The maximum absolute atomic E-state index is 13.9. The molecule has 2 heterocycles. The number of aryl methyl sites for hydroxylation is 2. The highest BCUT2D eigenvalue weighted by Crippen LogP contribution is 2.30. The van der Waals surface area contributed by atoms with Crippen molar-refractivity contribution in [3.05, 3.63) is 76.7 Å². The fourth-order valence-electron chi connectivity index (χ4n) is 4.06. The molecule has 1 N–H and O–H groups in total. The van der Waals surface area contributed by atoms with Crippen molar-refractivity contribution < 1.29 is 26.5 Å². The normalized spacial score (nSPS) is 15.5. The highest BCUT2D eigenvalue weighted by Gasteiger charge is 2.36. The highest BCUT2D eigenvalue weighted by molar-refractivity contribution is 7.89. The number of nitrogens with one attached hydrogen (secondary N) is 1. The molecule has 0 radical (unpaired) electrons. The van der Waals surface area contributed by atoms with Crippen LogP contribution in [0.5, 0.6) is 0 Å². The average Bonchev–Trinajstić information content (AvgIpc) is 3.19. The van der Waals surface area contributed by atoms with Gasteiger partial charge < -0.3 is 9.84 Å². The van der Waals surface area contributed by atoms with Gasteiger partial charge in [0.15, 0.2) is 10.7 Å². The minimum atomic E-state index is -3.97. The molecule has 3 aromatic rings. The van der Waals surface area contributed by atoms with Crippen molar-refractivity contribution >= 4 is 33.8 Å². The quantitative estimate of drug-likeness (QED) is 0.525. The average molecular weight is 502 g/mol. The summed E-state index contributed by atoms with van der Waals surface area (Å²) in [4.78, 5) is 12.6. The van der Waals surface area contributed by atoms with Crippen LogP contribution in [0.15, 0.2) is 51.9 Å². The lowest BCUT2D eigenvalue weighted by Gasteiger charge is -2.30. The Labute approximate surface area is 202 Å². The minimum Gasteiger partial charge on any atom is -0.355 e. The molecule has 1 fully saturated rings. The Bertz CT molecular complexity index is 1380. The SMILES string of the molecule is Cc1cccc(NC(=O)C2CCN(S(=O)(=O)c3c(C)noc3C=Cc3ccc(F)cc3F)CC2)c1. The van der Waals surface area contributed by atoms with E-state index in [1.807, 2.05) is 31.2 Å². The fraction of sp³-hybridized carbons (Fsp3) is 0.280. The van der Waals surface area contributed by atoms with E-state index in [0.717, 1.165) is 17.7 Å². The van der Waals surface area contributed by atoms with E-state index in [1.54, 1.807) is 0 Å². The smallest absolute Gasteiger partial charge is 0.248 e. The van der Waals surface area contributed by atoms with Gasteiger partial charge in [0.05, 0.1) is 0 Å². The Kier molecular flexibility index (Phi) is 7.13. The topological polar surface area (TPSA) is 92.5 Å². The number of carbonyl (C=O) groups is 1. The molecule has 0 atom stereocenters. The molecular weight excluding hydrogens is 476 g/mol. The third kappa shape index (κ3) is 5.49. The van der Waals surface area contributed by atoms with E-state index in [2.05, 4.69) is 10.5 Å². The van der Waals surface area contributed by atoms with Crippen LogP contribution in [0.1, 0.15) is 35.4 Å². The lowest BCUT2D eigenvalue weighted by atomic mass is 9.97. The van der Waals surface area contributed by atoms with E-state index in [9.17, 15) is 22.0 Å². The van der Waals surface area contributed by atoms with Crippen LogP contribution in [0.4, 0.5) is 14.5 Å². The summed E-state index contributed by atoms with van der Waals surface area (Å²) in [5.41, 5.74) is 1.98. The van der Waals surface area contributed by atoms with Crippen LogP contribution in [-0.4, -0.2) is 36.9 Å². The van der Waals surface area contributed by atoms with Crippen molar-refractivity contribution in [3.8, 4) is 0 Å². The van der Waals surface area contributed by atoms with Crippen molar-refractivity contribution in [1.82, 2.24) is 9.46 Å². The molecule has 1 saturated heterocycles. The van der Waals surface area contributed by atoms with E-state index in [4.69, 9.17) is 4.52 Å². The van der Waals surface area contributed by atoms with Crippen molar-refractivity contribution in [2.45, 2.75) is 31.6 Å². The Hall–Kier alpha value is -3.37. The van der Waals surface area contributed by atoms with Crippen LogP contribution in [0.3, 0.4) is 0 Å². The number of sulfonamides is 1. The predicted molar refractivity (Wildman–Crippen MR) is 128 cm³/mol. The Morgan fingerprint density at radius 1 is 1.11 bits per heavy atom. The molecule has 1 aliphatic heterocycles. The first-order valence-corrected chi connectivity index (χ1v) is 12.6. The Morgan fingerprint density at radius 3 is 2.54 bits per heavy atom. The fourth-order valence-corrected chi connectivity index (χ4v) is 5.78. The van der Waals surface area contributed by atoms with Gasteiger partial charge in [-0.05, 0) is 68.7 Å². The summed E-state index contributed by atoms with van der Waals surface area (Å²) in [5.74, 6) is -2.00. The summed E-state index contributed by atoms with van der Waals surface area (Å²) in [7, 11) is -3.97. The lowest BCUT2D eigenvalue weighted by Crippen LogP contribution is -2.41. The van der Waals surface area contributed by atoms with Crippen molar-refractivity contribution in [2.24, 2.45) is 5.92 Å². The summed E-state index contributed by atoms with van der Waals surface area (Å²) in [6.07, 6.45) is 3.33. The molecule has 10 heteroatoms. The molecule has 0 saturated carbocycles. The van der Waals surface area contributed by atoms with Crippen LogP contribution < -0.4 is 5.32 Å². The second-order valence-electron chi connectivity index (χ2n) is 8.50. The number of amides is 1. The zero-order valence-corrected chi connectivity index (χ0v) is 20.1. The summed E-state index contributed by atoms with van der Waals surface area (Å²) in [6, 6.07) is 10.6. The minimum absolute atomic E-state index is 0.0504. The van der Waals surface area contributed by atoms with Crippen LogP contribution in [-0.2, 0) is 14.8 Å². The molecule has 1 aromatic heterocycles. The van der Waals surface area contributed by atoms with E-state index in [0.29, 0.717) is 18.5 Å². The molecule has 0 aliphatic carbocycles. The largest absolute Gasteiger partial charge is 0.355 e. The van der Waals surface area contributed by atoms with Gasteiger partial charge in [-0.1, -0.05) is 17.3 Å². The Balaban J connectivity index is 1.46. The van der Waals surface area contributed by atoms with Crippen LogP contribution >= 0.6 is 0 Å². The van der Waals surface area contributed by atoms with E-state index in [-0.39, 0.29) is 46.8 Å². The Morgan fingerprint density at radius 2 is 1.86 bits per heavy atom. The zero-order valence-electron chi connectivity index (χ0n) is 19.3. The number of anilines is 1. The molecule has 4 rings (SSSR count). The number of rotatable bonds is 6. The number of aromatic nitrogens is 1. The summed E-state index contributed by atoms with van der Waals surface area (Å²) in [5, 5.41) is 6.67. The van der Waals surface area contributed by atoms with Crippen molar-refractivity contribution in [1.29, 1.82) is 0 Å². The lowest BCUT2D eigenvalue weighted by molar-refractivity contribution is -0.120. The van der Waals surface area contributed by atoms with Crippen LogP contribution in [0.25, 0.3) is 12.2 Å². The molecule has 7 nitrogen and oxygen atoms in total. The summed E-state index contributed by atoms with van der Waals surface area (Å²) >= 11 is 0. The number of hydrogen-bond acceptors (Lipinski definition) is 5. The maximum atomic E-state index is 13.9. The number of hydrogen-bond donors (Lipinski definition) is 1. The molecule has 1 amide bonds. The molecule has 2 aromatic carbocycles. The van der Waals surface area contributed by atoms with Gasteiger partial charge in [-0.2, -0.15) is 4.31 Å². The van der Waals surface area contributed by atoms with Gasteiger partial charge in [0.2, 0.25) is 15.9 Å². The molecule has 35 heavy (non-hydrogen) atoms. The van der Waals surface area contributed by atoms with Gasteiger partial charge in [0, 0.05) is 36.3 Å². The third-order valence-electron chi connectivity index (χ3n) is 5.92. The van der Waals surface area contributed by atoms with Gasteiger partial charge >= 0.3 is 0 Å².